The minimum absolute atomic E-state index is 0.687. The van der Waals surface area contributed by atoms with Gasteiger partial charge < -0.3 is 14.7 Å². The number of ether oxygens (including phenoxy) is 1. The SMILES string of the molecule is CCCOc1cncc(C2(O)CCN(C)CC2)c1. The highest BCUT2D eigenvalue weighted by molar-refractivity contribution is 5.28. The van der Waals surface area contributed by atoms with E-state index in [-0.39, 0.29) is 0 Å². The van der Waals surface area contributed by atoms with E-state index in [1.807, 2.05) is 6.07 Å². The highest BCUT2D eigenvalue weighted by Crippen LogP contribution is 2.33. The number of rotatable bonds is 4. The number of hydrogen-bond donors (Lipinski definition) is 1. The molecule has 0 aromatic carbocycles. The van der Waals surface area contributed by atoms with E-state index in [0.717, 1.165) is 43.7 Å². The van der Waals surface area contributed by atoms with Crippen LogP contribution in [0.25, 0.3) is 0 Å². The van der Waals surface area contributed by atoms with E-state index >= 15 is 0 Å². The lowest BCUT2D eigenvalue weighted by molar-refractivity contribution is -0.0207. The van der Waals surface area contributed by atoms with Gasteiger partial charge in [0.15, 0.2) is 0 Å². The first-order chi connectivity index (χ1) is 8.64. The van der Waals surface area contributed by atoms with Crippen molar-refractivity contribution < 1.29 is 9.84 Å². The lowest BCUT2D eigenvalue weighted by atomic mass is 9.85. The summed E-state index contributed by atoms with van der Waals surface area (Å²) in [6.45, 7) is 4.58. The highest BCUT2D eigenvalue weighted by Gasteiger charge is 2.33. The van der Waals surface area contributed by atoms with Gasteiger partial charge in [0.25, 0.3) is 0 Å². The summed E-state index contributed by atoms with van der Waals surface area (Å²) in [7, 11) is 2.08. The molecule has 1 fully saturated rings. The third kappa shape index (κ3) is 3.00. The van der Waals surface area contributed by atoms with Crippen molar-refractivity contribution in [1.29, 1.82) is 0 Å². The Hall–Kier alpha value is -1.13. The molecule has 2 rings (SSSR count). The van der Waals surface area contributed by atoms with Crippen LogP contribution in [0.15, 0.2) is 18.5 Å². The fraction of sp³-hybridized carbons (Fsp3) is 0.643. The Bertz CT molecular complexity index is 387. The molecule has 4 nitrogen and oxygen atoms in total. The molecule has 0 aliphatic carbocycles. The molecule has 0 atom stereocenters. The fourth-order valence-corrected chi connectivity index (χ4v) is 2.25. The van der Waals surface area contributed by atoms with Crippen molar-refractivity contribution in [3.05, 3.63) is 24.0 Å². The Morgan fingerprint density at radius 2 is 2.11 bits per heavy atom. The van der Waals surface area contributed by atoms with Gasteiger partial charge in [0.1, 0.15) is 5.75 Å². The molecule has 0 bridgehead atoms. The lowest BCUT2D eigenvalue weighted by Crippen LogP contribution is -2.40. The zero-order valence-electron chi connectivity index (χ0n) is 11.2. The standard InChI is InChI=1S/C14H22N2O2/c1-3-8-18-13-9-12(10-15-11-13)14(17)4-6-16(2)7-5-14/h9-11,17H,3-8H2,1-2H3. The van der Waals surface area contributed by atoms with E-state index in [1.54, 1.807) is 12.4 Å². The lowest BCUT2D eigenvalue weighted by Gasteiger charge is -2.36. The molecular formula is C14H22N2O2. The van der Waals surface area contributed by atoms with Gasteiger partial charge in [0, 0.05) is 24.8 Å². The van der Waals surface area contributed by atoms with Gasteiger partial charge in [-0.15, -0.1) is 0 Å². The van der Waals surface area contributed by atoms with E-state index in [1.165, 1.54) is 0 Å². The maximum atomic E-state index is 10.7. The van der Waals surface area contributed by atoms with Gasteiger partial charge in [-0.05, 0) is 32.4 Å². The summed E-state index contributed by atoms with van der Waals surface area (Å²) in [5, 5.41) is 10.7. The second-order valence-corrected chi connectivity index (χ2v) is 5.09. The van der Waals surface area contributed by atoms with Crippen molar-refractivity contribution in [3.63, 3.8) is 0 Å². The molecule has 1 aromatic rings. The number of likely N-dealkylation sites (tertiary alicyclic amines) is 1. The first-order valence-corrected chi connectivity index (χ1v) is 6.63. The quantitative estimate of drug-likeness (QED) is 0.885. The van der Waals surface area contributed by atoms with Crippen molar-refractivity contribution in [2.45, 2.75) is 31.8 Å². The predicted octanol–water partition coefficient (Wildman–Crippen LogP) is 1.78. The predicted molar refractivity (Wildman–Crippen MR) is 70.7 cm³/mol. The number of hydrogen-bond acceptors (Lipinski definition) is 4. The summed E-state index contributed by atoms with van der Waals surface area (Å²) in [5.74, 6) is 0.752. The van der Waals surface area contributed by atoms with Crippen molar-refractivity contribution >= 4 is 0 Å². The summed E-state index contributed by atoms with van der Waals surface area (Å²) in [6.07, 6.45) is 5.94. The Morgan fingerprint density at radius 1 is 1.39 bits per heavy atom. The van der Waals surface area contributed by atoms with Gasteiger partial charge in [-0.2, -0.15) is 0 Å². The summed E-state index contributed by atoms with van der Waals surface area (Å²) in [4.78, 5) is 6.41. The largest absolute Gasteiger partial charge is 0.492 e. The summed E-state index contributed by atoms with van der Waals surface area (Å²) < 4.78 is 5.57. The van der Waals surface area contributed by atoms with E-state index in [4.69, 9.17) is 4.74 Å². The van der Waals surface area contributed by atoms with E-state index in [2.05, 4.69) is 23.9 Å². The topological polar surface area (TPSA) is 45.6 Å². The van der Waals surface area contributed by atoms with Crippen LogP contribution in [-0.4, -0.2) is 41.7 Å². The summed E-state index contributed by atoms with van der Waals surface area (Å²) >= 11 is 0. The van der Waals surface area contributed by atoms with Gasteiger partial charge in [-0.1, -0.05) is 6.92 Å². The molecule has 0 amide bonds. The van der Waals surface area contributed by atoms with Crippen LogP contribution in [0, 0.1) is 0 Å². The van der Waals surface area contributed by atoms with Crippen LogP contribution in [0.4, 0.5) is 0 Å². The molecule has 100 valence electrons. The number of piperidine rings is 1. The molecule has 0 radical (unpaired) electrons. The Balaban J connectivity index is 2.12. The molecular weight excluding hydrogens is 228 g/mol. The van der Waals surface area contributed by atoms with Crippen molar-refractivity contribution in [3.8, 4) is 5.75 Å². The van der Waals surface area contributed by atoms with Crippen LogP contribution in [0.2, 0.25) is 0 Å². The van der Waals surface area contributed by atoms with E-state index in [0.29, 0.717) is 6.61 Å². The molecule has 1 aromatic heterocycles. The second kappa shape index (κ2) is 5.67. The number of aromatic nitrogens is 1. The van der Waals surface area contributed by atoms with E-state index < -0.39 is 5.60 Å². The van der Waals surface area contributed by atoms with Crippen LogP contribution in [-0.2, 0) is 5.60 Å². The maximum absolute atomic E-state index is 10.7. The average Bonchev–Trinajstić information content (AvgIpc) is 2.40. The highest BCUT2D eigenvalue weighted by atomic mass is 16.5. The first kappa shape index (κ1) is 13.3. The summed E-state index contributed by atoms with van der Waals surface area (Å²) in [5.41, 5.74) is 0.134. The van der Waals surface area contributed by atoms with Crippen LogP contribution in [0.1, 0.15) is 31.7 Å². The van der Waals surface area contributed by atoms with Crippen molar-refractivity contribution in [2.75, 3.05) is 26.7 Å². The minimum Gasteiger partial charge on any atom is -0.492 e. The molecule has 4 heteroatoms. The van der Waals surface area contributed by atoms with Crippen LogP contribution >= 0.6 is 0 Å². The molecule has 0 spiro atoms. The maximum Gasteiger partial charge on any atom is 0.137 e. The third-order valence-electron chi connectivity index (χ3n) is 3.54. The van der Waals surface area contributed by atoms with Gasteiger partial charge in [-0.25, -0.2) is 0 Å². The summed E-state index contributed by atoms with van der Waals surface area (Å²) in [6, 6.07) is 1.92. The Labute approximate surface area is 109 Å². The van der Waals surface area contributed by atoms with Gasteiger partial charge in [0.2, 0.25) is 0 Å². The number of aliphatic hydroxyl groups is 1. The molecule has 1 N–H and O–H groups in total. The third-order valence-corrected chi connectivity index (χ3v) is 3.54. The van der Waals surface area contributed by atoms with E-state index in [9.17, 15) is 5.11 Å². The van der Waals surface area contributed by atoms with Crippen LogP contribution < -0.4 is 4.74 Å². The zero-order chi connectivity index (χ0) is 13.0. The molecule has 1 saturated heterocycles. The first-order valence-electron chi connectivity index (χ1n) is 6.63. The molecule has 1 aliphatic heterocycles. The average molecular weight is 250 g/mol. The van der Waals surface area contributed by atoms with Crippen LogP contribution in [0.5, 0.6) is 5.75 Å². The van der Waals surface area contributed by atoms with Gasteiger partial charge in [-0.3, -0.25) is 4.98 Å². The zero-order valence-corrected chi connectivity index (χ0v) is 11.2. The van der Waals surface area contributed by atoms with Crippen molar-refractivity contribution in [1.82, 2.24) is 9.88 Å². The molecule has 1 aliphatic rings. The van der Waals surface area contributed by atoms with Crippen LogP contribution in [0.3, 0.4) is 0 Å². The molecule has 0 saturated carbocycles. The normalized spacial score (nSPS) is 19.7. The molecule has 2 heterocycles. The Morgan fingerprint density at radius 3 is 2.78 bits per heavy atom. The number of nitrogens with zero attached hydrogens (tertiary/aromatic N) is 2. The number of pyridine rings is 1. The smallest absolute Gasteiger partial charge is 0.137 e. The second-order valence-electron chi connectivity index (χ2n) is 5.09. The fourth-order valence-electron chi connectivity index (χ4n) is 2.25. The van der Waals surface area contributed by atoms with Crippen molar-refractivity contribution in [2.24, 2.45) is 0 Å². The Kier molecular flexibility index (Phi) is 4.19. The molecule has 18 heavy (non-hydrogen) atoms. The minimum atomic E-state index is -0.745. The monoisotopic (exact) mass is 250 g/mol. The van der Waals surface area contributed by atoms with Gasteiger partial charge in [0.05, 0.1) is 18.4 Å². The molecule has 0 unspecified atom stereocenters. The van der Waals surface area contributed by atoms with Gasteiger partial charge >= 0.3 is 0 Å².